The maximum atomic E-state index is 12.4. The Morgan fingerprint density at radius 2 is 1.58 bits per heavy atom. The van der Waals surface area contributed by atoms with Gasteiger partial charge in [-0.15, -0.1) is 0 Å². The quantitative estimate of drug-likeness (QED) is 0.735. The number of halogens is 2. The molecule has 0 bridgehead atoms. The zero-order chi connectivity index (χ0) is 17.9. The van der Waals surface area contributed by atoms with Crippen LogP contribution in [0.15, 0.2) is 47.4 Å². The second kappa shape index (κ2) is 7.97. The number of nitrogens with zero attached hydrogens (tertiary/aromatic N) is 1. The summed E-state index contributed by atoms with van der Waals surface area (Å²) >= 11 is 12.2. The van der Waals surface area contributed by atoms with Crippen molar-refractivity contribution in [3.05, 3.63) is 63.6 Å². The third-order valence-electron chi connectivity index (χ3n) is 3.37. The SMILES string of the molecule is CN(C)S(=O)(=O)c1cccc(CS(=O)Cc2c(Cl)cccc2Cl)c1. The Balaban J connectivity index is 2.19. The van der Waals surface area contributed by atoms with E-state index in [1.807, 2.05) is 0 Å². The molecule has 2 aromatic carbocycles. The van der Waals surface area contributed by atoms with Crippen molar-refractivity contribution >= 4 is 44.0 Å². The molecule has 0 aliphatic heterocycles. The van der Waals surface area contributed by atoms with Crippen molar-refractivity contribution in [2.45, 2.75) is 16.4 Å². The first-order chi connectivity index (χ1) is 11.2. The van der Waals surface area contributed by atoms with Crippen molar-refractivity contribution in [2.75, 3.05) is 14.1 Å². The predicted octanol–water partition coefficient (Wildman–Crippen LogP) is 3.69. The molecule has 1 unspecified atom stereocenters. The Morgan fingerprint density at radius 3 is 2.17 bits per heavy atom. The van der Waals surface area contributed by atoms with E-state index < -0.39 is 20.8 Å². The van der Waals surface area contributed by atoms with Crippen LogP contribution in [0.2, 0.25) is 10.0 Å². The Labute approximate surface area is 154 Å². The van der Waals surface area contributed by atoms with Gasteiger partial charge in [-0.05, 0) is 29.8 Å². The minimum absolute atomic E-state index is 0.178. The van der Waals surface area contributed by atoms with E-state index in [0.29, 0.717) is 21.2 Å². The topological polar surface area (TPSA) is 54.5 Å². The average molecular weight is 406 g/mol. The van der Waals surface area contributed by atoms with Crippen LogP contribution >= 0.6 is 23.2 Å². The van der Waals surface area contributed by atoms with E-state index in [0.717, 1.165) is 4.31 Å². The summed E-state index contributed by atoms with van der Waals surface area (Å²) in [6, 6.07) is 11.6. The van der Waals surface area contributed by atoms with Crippen LogP contribution in [0, 0.1) is 0 Å². The zero-order valence-corrected chi connectivity index (χ0v) is 16.3. The fourth-order valence-corrected chi connectivity index (χ4v) is 5.02. The van der Waals surface area contributed by atoms with Gasteiger partial charge in [-0.3, -0.25) is 4.21 Å². The molecule has 0 saturated carbocycles. The van der Waals surface area contributed by atoms with E-state index in [1.165, 1.54) is 20.2 Å². The Morgan fingerprint density at radius 1 is 1.00 bits per heavy atom. The highest BCUT2D eigenvalue weighted by Crippen LogP contribution is 2.26. The Bertz CT molecular complexity index is 847. The van der Waals surface area contributed by atoms with Crippen LogP contribution in [0.25, 0.3) is 0 Å². The van der Waals surface area contributed by atoms with E-state index in [2.05, 4.69) is 0 Å². The highest BCUT2D eigenvalue weighted by Gasteiger charge is 2.18. The average Bonchev–Trinajstić information content (AvgIpc) is 2.51. The smallest absolute Gasteiger partial charge is 0.242 e. The summed E-state index contributed by atoms with van der Waals surface area (Å²) < 4.78 is 37.9. The second-order valence-electron chi connectivity index (χ2n) is 5.36. The summed E-state index contributed by atoms with van der Waals surface area (Å²) in [6.07, 6.45) is 0. The zero-order valence-electron chi connectivity index (χ0n) is 13.2. The fraction of sp³-hybridized carbons (Fsp3) is 0.250. The van der Waals surface area contributed by atoms with E-state index in [4.69, 9.17) is 23.2 Å². The molecule has 0 radical (unpaired) electrons. The van der Waals surface area contributed by atoms with E-state index >= 15 is 0 Å². The molecule has 0 heterocycles. The summed E-state index contributed by atoms with van der Waals surface area (Å²) in [6.45, 7) is 0. The molecule has 130 valence electrons. The normalized spacial score (nSPS) is 13.2. The van der Waals surface area contributed by atoms with Crippen molar-refractivity contribution in [1.82, 2.24) is 4.31 Å². The minimum atomic E-state index is -3.52. The standard InChI is InChI=1S/C16H17Cl2NO3S2/c1-19(2)24(21,22)13-6-3-5-12(9-13)10-23(20)11-14-15(17)7-4-8-16(14)18/h3-9H,10-11H2,1-2H3. The molecule has 2 rings (SSSR count). The molecule has 0 fully saturated rings. The molecule has 1 atom stereocenters. The summed E-state index contributed by atoms with van der Waals surface area (Å²) in [5.74, 6) is 0.432. The first-order valence-corrected chi connectivity index (χ1v) is 10.7. The minimum Gasteiger partial charge on any atom is -0.259 e. The predicted molar refractivity (Wildman–Crippen MR) is 99.3 cm³/mol. The van der Waals surface area contributed by atoms with Gasteiger partial charge in [0.2, 0.25) is 10.0 Å². The van der Waals surface area contributed by atoms with Crippen LogP contribution in [-0.4, -0.2) is 31.0 Å². The number of hydrogen-bond donors (Lipinski definition) is 0. The maximum Gasteiger partial charge on any atom is 0.242 e. The molecule has 0 aliphatic rings. The Kier molecular flexibility index (Phi) is 6.45. The van der Waals surface area contributed by atoms with E-state index in [9.17, 15) is 12.6 Å². The van der Waals surface area contributed by atoms with Crippen LogP contribution < -0.4 is 0 Å². The lowest BCUT2D eigenvalue weighted by Gasteiger charge is -2.12. The number of rotatable bonds is 6. The maximum absolute atomic E-state index is 12.4. The summed E-state index contributed by atoms with van der Waals surface area (Å²) in [4.78, 5) is 0.178. The van der Waals surface area contributed by atoms with Gasteiger partial charge >= 0.3 is 0 Å². The van der Waals surface area contributed by atoms with Crippen LogP contribution in [0.3, 0.4) is 0 Å². The molecule has 0 saturated heterocycles. The number of hydrogen-bond acceptors (Lipinski definition) is 3. The van der Waals surface area contributed by atoms with Crippen molar-refractivity contribution in [1.29, 1.82) is 0 Å². The van der Waals surface area contributed by atoms with Gasteiger partial charge in [-0.25, -0.2) is 12.7 Å². The molecule has 8 heteroatoms. The van der Waals surface area contributed by atoms with Gasteiger partial charge in [-0.2, -0.15) is 0 Å². The lowest BCUT2D eigenvalue weighted by molar-refractivity contribution is 0.520. The largest absolute Gasteiger partial charge is 0.259 e. The molecule has 0 aromatic heterocycles. The fourth-order valence-electron chi connectivity index (χ4n) is 2.07. The van der Waals surface area contributed by atoms with Gasteiger partial charge in [-0.1, -0.05) is 41.4 Å². The third-order valence-corrected chi connectivity index (χ3v) is 7.16. The van der Waals surface area contributed by atoms with Crippen LogP contribution in [0.4, 0.5) is 0 Å². The molecular formula is C16H17Cl2NO3S2. The highest BCUT2D eigenvalue weighted by molar-refractivity contribution is 7.89. The molecule has 0 amide bonds. The first-order valence-electron chi connectivity index (χ1n) is 7.01. The van der Waals surface area contributed by atoms with Gasteiger partial charge in [0.05, 0.1) is 10.6 Å². The van der Waals surface area contributed by atoms with Gasteiger partial charge in [0.25, 0.3) is 0 Å². The van der Waals surface area contributed by atoms with E-state index in [-0.39, 0.29) is 16.4 Å². The lowest BCUT2D eigenvalue weighted by atomic mass is 10.2. The second-order valence-corrected chi connectivity index (χ2v) is 9.79. The Hall–Kier alpha value is -0.920. The molecular weight excluding hydrogens is 389 g/mol. The summed E-state index contributed by atoms with van der Waals surface area (Å²) in [5, 5.41) is 0.944. The third kappa shape index (κ3) is 4.58. The van der Waals surface area contributed by atoms with Gasteiger partial charge in [0.15, 0.2) is 0 Å². The van der Waals surface area contributed by atoms with Gasteiger partial charge < -0.3 is 0 Å². The van der Waals surface area contributed by atoms with Crippen LogP contribution in [-0.2, 0) is 32.3 Å². The van der Waals surface area contributed by atoms with Crippen LogP contribution in [0.5, 0.6) is 0 Å². The number of benzene rings is 2. The molecule has 0 aliphatic carbocycles. The monoisotopic (exact) mass is 405 g/mol. The van der Waals surface area contributed by atoms with Gasteiger partial charge in [0, 0.05) is 46.3 Å². The summed E-state index contributed by atoms with van der Waals surface area (Å²) in [7, 11) is -1.84. The molecule has 0 spiro atoms. The van der Waals surface area contributed by atoms with Crippen molar-refractivity contribution in [2.24, 2.45) is 0 Å². The van der Waals surface area contributed by atoms with Crippen molar-refractivity contribution < 1.29 is 12.6 Å². The molecule has 4 nitrogen and oxygen atoms in total. The van der Waals surface area contributed by atoms with E-state index in [1.54, 1.807) is 36.4 Å². The van der Waals surface area contributed by atoms with Crippen LogP contribution in [0.1, 0.15) is 11.1 Å². The highest BCUT2D eigenvalue weighted by atomic mass is 35.5. The number of sulfonamides is 1. The van der Waals surface area contributed by atoms with Crippen molar-refractivity contribution in [3.8, 4) is 0 Å². The first kappa shape index (κ1) is 19.4. The molecule has 0 N–H and O–H groups in total. The van der Waals surface area contributed by atoms with Crippen molar-refractivity contribution in [3.63, 3.8) is 0 Å². The summed E-state index contributed by atoms with van der Waals surface area (Å²) in [5.41, 5.74) is 1.32. The lowest BCUT2D eigenvalue weighted by Crippen LogP contribution is -2.22. The van der Waals surface area contributed by atoms with Gasteiger partial charge in [0.1, 0.15) is 0 Å². The molecule has 2 aromatic rings. The molecule has 24 heavy (non-hydrogen) atoms.